The second-order valence-corrected chi connectivity index (χ2v) is 3.44. The Morgan fingerprint density at radius 1 is 1.50 bits per heavy atom. The van der Waals surface area contributed by atoms with Crippen LogP contribution in [0, 0.1) is 0 Å². The lowest BCUT2D eigenvalue weighted by molar-refractivity contribution is -0.119. The van der Waals surface area contributed by atoms with Crippen molar-refractivity contribution in [1.82, 2.24) is 10.3 Å². The van der Waals surface area contributed by atoms with Gasteiger partial charge in [-0.15, -0.1) is 0 Å². The fraction of sp³-hybridized carbons (Fsp3) is 0.222. The summed E-state index contributed by atoms with van der Waals surface area (Å²) in [6, 6.07) is 3.10. The maximum Gasteiger partial charge on any atom is 0.250 e. The predicted octanol–water partition coefficient (Wildman–Crippen LogP) is 1.000. The van der Waals surface area contributed by atoms with Crippen LogP contribution in [0.25, 0.3) is 0 Å². The lowest BCUT2D eigenvalue weighted by Gasteiger charge is -1.98. The van der Waals surface area contributed by atoms with E-state index in [1.165, 1.54) is 6.20 Å². The summed E-state index contributed by atoms with van der Waals surface area (Å²) in [4.78, 5) is 19.3. The van der Waals surface area contributed by atoms with E-state index in [1.807, 2.05) is 0 Å². The van der Waals surface area contributed by atoms with Crippen LogP contribution in [0.5, 0.6) is 0 Å². The summed E-state index contributed by atoms with van der Waals surface area (Å²) in [5.41, 5.74) is 0.632. The Hall–Kier alpha value is -1.42. The van der Waals surface area contributed by atoms with Gasteiger partial charge in [0.1, 0.15) is 11.7 Å². The molecule has 0 aromatic carbocycles. The van der Waals surface area contributed by atoms with Crippen molar-refractivity contribution in [3.05, 3.63) is 29.0 Å². The molecule has 0 fully saturated rings. The Kier molecular flexibility index (Phi) is 2.21. The van der Waals surface area contributed by atoms with Crippen LogP contribution in [-0.2, 0) is 4.79 Å². The number of amidine groups is 1. The van der Waals surface area contributed by atoms with Gasteiger partial charge in [-0.05, 0) is 19.1 Å². The number of pyridine rings is 1. The molecule has 2 rings (SSSR count). The van der Waals surface area contributed by atoms with E-state index in [0.717, 1.165) is 0 Å². The molecule has 0 saturated carbocycles. The quantitative estimate of drug-likeness (QED) is 0.750. The average Bonchev–Trinajstić information content (AvgIpc) is 2.48. The first kappa shape index (κ1) is 9.15. The lowest BCUT2D eigenvalue weighted by Crippen LogP contribution is -2.28. The minimum absolute atomic E-state index is 0.100. The lowest BCUT2D eigenvalue weighted by atomic mass is 10.3. The number of amides is 1. The van der Waals surface area contributed by atoms with Gasteiger partial charge < -0.3 is 5.32 Å². The minimum Gasteiger partial charge on any atom is -0.307 e. The van der Waals surface area contributed by atoms with E-state index in [2.05, 4.69) is 15.3 Å². The summed E-state index contributed by atoms with van der Waals surface area (Å²) in [6.07, 6.45) is 1.52. The molecule has 2 heterocycles. The van der Waals surface area contributed by atoms with Gasteiger partial charge in [-0.1, -0.05) is 11.6 Å². The van der Waals surface area contributed by atoms with Crippen molar-refractivity contribution < 1.29 is 4.79 Å². The second-order valence-electron chi connectivity index (χ2n) is 3.00. The SMILES string of the molecule is CC1N=C(c2ccc(Cl)cn2)NC1=O. The van der Waals surface area contributed by atoms with Crippen molar-refractivity contribution in [3.8, 4) is 0 Å². The summed E-state index contributed by atoms with van der Waals surface area (Å²) in [6.45, 7) is 1.73. The third kappa shape index (κ3) is 1.61. The zero-order chi connectivity index (χ0) is 10.1. The fourth-order valence-corrected chi connectivity index (χ4v) is 1.26. The smallest absolute Gasteiger partial charge is 0.250 e. The zero-order valence-corrected chi connectivity index (χ0v) is 8.25. The van der Waals surface area contributed by atoms with Crippen molar-refractivity contribution in [3.63, 3.8) is 0 Å². The largest absolute Gasteiger partial charge is 0.307 e. The molecule has 4 nitrogen and oxygen atoms in total. The molecule has 72 valence electrons. The van der Waals surface area contributed by atoms with Crippen LogP contribution < -0.4 is 5.32 Å². The number of aromatic nitrogens is 1. The van der Waals surface area contributed by atoms with Crippen LogP contribution in [0.3, 0.4) is 0 Å². The van der Waals surface area contributed by atoms with Crippen LogP contribution in [-0.4, -0.2) is 22.8 Å². The maximum atomic E-state index is 11.1. The molecule has 1 aromatic heterocycles. The summed E-state index contributed by atoms with van der Waals surface area (Å²) < 4.78 is 0. The third-order valence-electron chi connectivity index (χ3n) is 1.91. The van der Waals surface area contributed by atoms with Gasteiger partial charge in [0.15, 0.2) is 5.84 Å². The first-order valence-electron chi connectivity index (χ1n) is 4.17. The molecule has 0 radical (unpaired) electrons. The highest BCUT2D eigenvalue weighted by molar-refractivity contribution is 6.30. The summed E-state index contributed by atoms with van der Waals surface area (Å²) >= 11 is 5.69. The van der Waals surface area contributed by atoms with E-state index in [9.17, 15) is 4.79 Å². The Morgan fingerprint density at radius 2 is 2.29 bits per heavy atom. The molecular formula is C9H8ClN3O. The molecule has 0 spiro atoms. The fourth-order valence-electron chi connectivity index (χ4n) is 1.15. The monoisotopic (exact) mass is 209 g/mol. The number of nitrogens with zero attached hydrogens (tertiary/aromatic N) is 2. The van der Waals surface area contributed by atoms with Gasteiger partial charge >= 0.3 is 0 Å². The molecule has 1 N–H and O–H groups in total. The van der Waals surface area contributed by atoms with Gasteiger partial charge in [-0.2, -0.15) is 0 Å². The molecule has 5 heteroatoms. The Bertz CT molecular complexity index is 399. The maximum absolute atomic E-state index is 11.1. The highest BCUT2D eigenvalue weighted by Crippen LogP contribution is 2.09. The van der Waals surface area contributed by atoms with Gasteiger partial charge in [0.25, 0.3) is 0 Å². The number of carbonyl (C=O) groups is 1. The molecule has 1 atom stereocenters. The van der Waals surface area contributed by atoms with Crippen molar-refractivity contribution in [2.75, 3.05) is 0 Å². The minimum atomic E-state index is -0.331. The molecule has 14 heavy (non-hydrogen) atoms. The molecule has 0 aliphatic carbocycles. The van der Waals surface area contributed by atoms with Gasteiger partial charge in [-0.3, -0.25) is 14.8 Å². The Morgan fingerprint density at radius 3 is 2.79 bits per heavy atom. The molecule has 1 aromatic rings. The van der Waals surface area contributed by atoms with Gasteiger partial charge in [0.2, 0.25) is 5.91 Å². The van der Waals surface area contributed by atoms with Gasteiger partial charge in [0.05, 0.1) is 5.02 Å². The van der Waals surface area contributed by atoms with Crippen LogP contribution in [0.1, 0.15) is 12.6 Å². The van der Waals surface area contributed by atoms with Crippen LogP contribution in [0.2, 0.25) is 5.02 Å². The number of halogens is 1. The molecule has 0 bridgehead atoms. The van der Waals surface area contributed by atoms with Crippen LogP contribution in [0.4, 0.5) is 0 Å². The summed E-state index contributed by atoms with van der Waals surface area (Å²) in [5.74, 6) is 0.413. The third-order valence-corrected chi connectivity index (χ3v) is 2.14. The number of aliphatic imine (C=N–C) groups is 1. The van der Waals surface area contributed by atoms with Crippen molar-refractivity contribution >= 4 is 23.3 Å². The second kappa shape index (κ2) is 3.38. The average molecular weight is 210 g/mol. The van der Waals surface area contributed by atoms with E-state index in [-0.39, 0.29) is 11.9 Å². The first-order valence-corrected chi connectivity index (χ1v) is 4.55. The predicted molar refractivity (Wildman–Crippen MR) is 53.4 cm³/mol. The molecule has 1 aliphatic rings. The topological polar surface area (TPSA) is 54.4 Å². The molecule has 1 unspecified atom stereocenters. The van der Waals surface area contributed by atoms with Gasteiger partial charge in [-0.25, -0.2) is 0 Å². The van der Waals surface area contributed by atoms with E-state index in [0.29, 0.717) is 16.6 Å². The number of nitrogens with one attached hydrogen (secondary N) is 1. The summed E-state index contributed by atoms with van der Waals surface area (Å²) in [5, 5.41) is 3.21. The Labute approximate surface area is 86.0 Å². The number of rotatable bonds is 1. The molecule has 1 aliphatic heterocycles. The molecule has 0 saturated heterocycles. The van der Waals surface area contributed by atoms with Crippen molar-refractivity contribution in [2.24, 2.45) is 4.99 Å². The van der Waals surface area contributed by atoms with Crippen LogP contribution in [0.15, 0.2) is 23.3 Å². The number of carbonyl (C=O) groups excluding carboxylic acids is 1. The highest BCUT2D eigenvalue weighted by atomic mass is 35.5. The molecule has 1 amide bonds. The standard InChI is InChI=1S/C9H8ClN3O/c1-5-9(14)13-8(12-5)7-3-2-6(10)4-11-7/h2-5H,1H3,(H,12,13,14). The first-order chi connectivity index (χ1) is 6.66. The van der Waals surface area contributed by atoms with E-state index >= 15 is 0 Å². The Balaban J connectivity index is 2.29. The van der Waals surface area contributed by atoms with E-state index in [1.54, 1.807) is 19.1 Å². The molecular weight excluding hydrogens is 202 g/mol. The van der Waals surface area contributed by atoms with Crippen molar-refractivity contribution in [1.29, 1.82) is 0 Å². The van der Waals surface area contributed by atoms with Crippen LogP contribution >= 0.6 is 11.6 Å². The highest BCUT2D eigenvalue weighted by Gasteiger charge is 2.23. The summed E-state index contributed by atoms with van der Waals surface area (Å²) in [7, 11) is 0. The van der Waals surface area contributed by atoms with Gasteiger partial charge in [0, 0.05) is 6.20 Å². The normalized spacial score (nSPS) is 20.6. The van der Waals surface area contributed by atoms with E-state index in [4.69, 9.17) is 11.6 Å². The zero-order valence-electron chi connectivity index (χ0n) is 7.49. The number of hydrogen-bond donors (Lipinski definition) is 1. The van der Waals surface area contributed by atoms with E-state index < -0.39 is 0 Å². The number of hydrogen-bond acceptors (Lipinski definition) is 3. The van der Waals surface area contributed by atoms with Crippen molar-refractivity contribution in [2.45, 2.75) is 13.0 Å².